The lowest BCUT2D eigenvalue weighted by molar-refractivity contribution is -0.137. The van der Waals surface area contributed by atoms with Crippen LogP contribution in [0.2, 0.25) is 0 Å². The second kappa shape index (κ2) is 5.82. The second-order valence-corrected chi connectivity index (χ2v) is 4.56. The molecule has 0 saturated heterocycles. The van der Waals surface area contributed by atoms with Crippen LogP contribution in [-0.2, 0) is 13.2 Å². The number of aromatic nitrogens is 2. The van der Waals surface area contributed by atoms with Crippen LogP contribution in [0.3, 0.4) is 0 Å². The first-order valence-corrected chi connectivity index (χ1v) is 6.30. The van der Waals surface area contributed by atoms with Crippen LogP contribution in [0.5, 0.6) is 11.5 Å². The Morgan fingerprint density at radius 2 is 1.91 bits per heavy atom. The van der Waals surface area contributed by atoms with E-state index in [1.807, 2.05) is 0 Å². The molecule has 0 aliphatic carbocycles. The van der Waals surface area contributed by atoms with E-state index in [1.54, 1.807) is 0 Å². The van der Waals surface area contributed by atoms with E-state index in [4.69, 9.17) is 14.6 Å². The largest absolute Gasteiger partial charge is 0.493 e. The van der Waals surface area contributed by atoms with Crippen molar-refractivity contribution in [3.63, 3.8) is 0 Å². The standard InChI is InChI=1S/C14H13F3N2O4/c1-19-9(6-8(18-19)13(20)21)11-7(14(15,16)17)4-5-10(22-2)12(11)23-3/h4-6H,1-3H3,(H,20,21). The minimum absolute atomic E-state index is 0.0505. The highest BCUT2D eigenvalue weighted by atomic mass is 19.4. The fraction of sp³-hybridized carbons (Fsp3) is 0.286. The van der Waals surface area contributed by atoms with Gasteiger partial charge in [0.25, 0.3) is 0 Å². The third kappa shape index (κ3) is 2.94. The van der Waals surface area contributed by atoms with Gasteiger partial charge in [-0.25, -0.2) is 4.79 Å². The van der Waals surface area contributed by atoms with E-state index >= 15 is 0 Å². The van der Waals surface area contributed by atoms with E-state index in [0.717, 1.165) is 22.9 Å². The highest BCUT2D eigenvalue weighted by Gasteiger charge is 2.37. The van der Waals surface area contributed by atoms with Crippen LogP contribution in [0.4, 0.5) is 13.2 Å². The van der Waals surface area contributed by atoms with Gasteiger partial charge in [0.15, 0.2) is 17.2 Å². The minimum Gasteiger partial charge on any atom is -0.493 e. The molecule has 2 rings (SSSR count). The maximum Gasteiger partial charge on any atom is 0.417 e. The number of aromatic carboxylic acids is 1. The Labute approximate surface area is 129 Å². The summed E-state index contributed by atoms with van der Waals surface area (Å²) in [5.74, 6) is -1.40. The van der Waals surface area contributed by atoms with E-state index in [2.05, 4.69) is 5.10 Å². The fourth-order valence-electron chi connectivity index (χ4n) is 2.22. The Balaban J connectivity index is 2.85. The molecular weight excluding hydrogens is 317 g/mol. The molecular formula is C14H13F3N2O4. The van der Waals surface area contributed by atoms with Crippen LogP contribution >= 0.6 is 0 Å². The van der Waals surface area contributed by atoms with Crippen molar-refractivity contribution >= 4 is 5.97 Å². The monoisotopic (exact) mass is 330 g/mol. The Morgan fingerprint density at radius 1 is 1.26 bits per heavy atom. The van der Waals surface area contributed by atoms with Crippen molar-refractivity contribution in [1.82, 2.24) is 9.78 Å². The van der Waals surface area contributed by atoms with E-state index in [-0.39, 0.29) is 28.5 Å². The molecule has 0 saturated carbocycles. The normalized spacial score (nSPS) is 11.4. The molecule has 1 aromatic heterocycles. The second-order valence-electron chi connectivity index (χ2n) is 4.56. The number of halogens is 3. The number of hydrogen-bond donors (Lipinski definition) is 1. The van der Waals surface area contributed by atoms with E-state index in [0.29, 0.717) is 0 Å². The zero-order chi connectivity index (χ0) is 17.4. The maximum atomic E-state index is 13.3. The molecule has 0 amide bonds. The van der Waals surface area contributed by atoms with Gasteiger partial charge in [-0.15, -0.1) is 0 Å². The molecule has 1 aromatic carbocycles. The highest BCUT2D eigenvalue weighted by Crippen LogP contribution is 2.46. The van der Waals surface area contributed by atoms with Gasteiger partial charge < -0.3 is 14.6 Å². The smallest absolute Gasteiger partial charge is 0.417 e. The van der Waals surface area contributed by atoms with Crippen LogP contribution in [0.15, 0.2) is 18.2 Å². The lowest BCUT2D eigenvalue weighted by Gasteiger charge is -2.18. The summed E-state index contributed by atoms with van der Waals surface area (Å²) in [6, 6.07) is 3.04. The van der Waals surface area contributed by atoms with E-state index in [1.165, 1.54) is 21.3 Å². The molecule has 0 spiro atoms. The van der Waals surface area contributed by atoms with Gasteiger partial charge in [-0.3, -0.25) is 4.68 Å². The number of carbonyl (C=O) groups is 1. The van der Waals surface area contributed by atoms with Crippen LogP contribution < -0.4 is 9.47 Å². The molecule has 6 nitrogen and oxygen atoms in total. The third-order valence-electron chi connectivity index (χ3n) is 3.21. The number of ether oxygens (including phenoxy) is 2. The average molecular weight is 330 g/mol. The number of alkyl halides is 3. The fourth-order valence-corrected chi connectivity index (χ4v) is 2.22. The summed E-state index contributed by atoms with van der Waals surface area (Å²) in [6.45, 7) is 0. The van der Waals surface area contributed by atoms with Gasteiger partial charge in [0.1, 0.15) is 0 Å². The first-order valence-electron chi connectivity index (χ1n) is 6.30. The van der Waals surface area contributed by atoms with Gasteiger partial charge in [0.05, 0.1) is 31.0 Å². The summed E-state index contributed by atoms with van der Waals surface area (Å²) in [6.07, 6.45) is -4.66. The minimum atomic E-state index is -4.66. The first kappa shape index (κ1) is 16.7. The molecule has 1 N–H and O–H groups in total. The molecule has 124 valence electrons. The van der Waals surface area contributed by atoms with Crippen molar-refractivity contribution in [1.29, 1.82) is 0 Å². The zero-order valence-corrected chi connectivity index (χ0v) is 12.4. The number of benzene rings is 1. The van der Waals surface area contributed by atoms with E-state index < -0.39 is 17.7 Å². The average Bonchev–Trinajstić information content (AvgIpc) is 2.86. The van der Waals surface area contributed by atoms with E-state index in [9.17, 15) is 18.0 Å². The number of carboxylic acid groups (broad SMARTS) is 1. The van der Waals surface area contributed by atoms with Crippen LogP contribution in [0.25, 0.3) is 11.3 Å². The van der Waals surface area contributed by atoms with Crippen LogP contribution in [-0.4, -0.2) is 35.1 Å². The van der Waals surface area contributed by atoms with Gasteiger partial charge in [-0.1, -0.05) is 0 Å². The molecule has 0 bridgehead atoms. The molecule has 0 unspecified atom stereocenters. The maximum absolute atomic E-state index is 13.3. The van der Waals surface area contributed by atoms with Crippen molar-refractivity contribution in [3.8, 4) is 22.8 Å². The number of methoxy groups -OCH3 is 2. The van der Waals surface area contributed by atoms with Crippen LogP contribution in [0, 0.1) is 0 Å². The SMILES string of the molecule is COc1ccc(C(F)(F)F)c(-c2cc(C(=O)O)nn2C)c1OC. The zero-order valence-electron chi connectivity index (χ0n) is 12.4. The van der Waals surface area contributed by atoms with Gasteiger partial charge in [-0.2, -0.15) is 18.3 Å². The molecule has 2 aromatic rings. The lowest BCUT2D eigenvalue weighted by Crippen LogP contribution is -2.10. The van der Waals surface area contributed by atoms with Gasteiger partial charge in [0, 0.05) is 7.05 Å². The van der Waals surface area contributed by atoms with Gasteiger partial charge in [-0.05, 0) is 18.2 Å². The molecule has 1 heterocycles. The Kier molecular flexibility index (Phi) is 4.22. The van der Waals surface area contributed by atoms with Crippen molar-refractivity contribution in [2.45, 2.75) is 6.18 Å². The highest BCUT2D eigenvalue weighted by molar-refractivity contribution is 5.88. The van der Waals surface area contributed by atoms with Gasteiger partial charge >= 0.3 is 12.1 Å². The predicted molar refractivity (Wildman–Crippen MR) is 73.7 cm³/mol. The molecule has 0 fully saturated rings. The van der Waals surface area contributed by atoms with Crippen molar-refractivity contribution < 1.29 is 32.5 Å². The molecule has 0 radical (unpaired) electrons. The lowest BCUT2D eigenvalue weighted by atomic mass is 10.0. The number of rotatable bonds is 4. The molecule has 9 heteroatoms. The number of aryl methyl sites for hydroxylation is 1. The number of carboxylic acids is 1. The summed E-state index contributed by atoms with van der Waals surface area (Å²) in [5, 5.41) is 12.7. The van der Waals surface area contributed by atoms with Crippen molar-refractivity contribution in [2.75, 3.05) is 14.2 Å². The predicted octanol–water partition coefficient (Wildman–Crippen LogP) is 2.82. The van der Waals surface area contributed by atoms with Crippen molar-refractivity contribution in [2.24, 2.45) is 7.05 Å². The molecule has 0 atom stereocenters. The summed E-state index contributed by atoms with van der Waals surface area (Å²) in [4.78, 5) is 11.0. The summed E-state index contributed by atoms with van der Waals surface area (Å²) in [5.41, 5.74) is -1.73. The quantitative estimate of drug-likeness (QED) is 0.933. The van der Waals surface area contributed by atoms with Crippen LogP contribution in [0.1, 0.15) is 16.1 Å². The molecule has 0 aliphatic rings. The topological polar surface area (TPSA) is 73.6 Å². The third-order valence-corrected chi connectivity index (χ3v) is 3.21. The number of hydrogen-bond acceptors (Lipinski definition) is 4. The number of nitrogens with zero attached hydrogens (tertiary/aromatic N) is 2. The molecule has 23 heavy (non-hydrogen) atoms. The summed E-state index contributed by atoms with van der Waals surface area (Å²) < 4.78 is 51.2. The Bertz CT molecular complexity index is 753. The molecule has 0 aliphatic heterocycles. The van der Waals surface area contributed by atoms with Crippen molar-refractivity contribution in [3.05, 3.63) is 29.5 Å². The summed E-state index contributed by atoms with van der Waals surface area (Å²) >= 11 is 0. The first-order chi connectivity index (χ1) is 10.7. The Hall–Kier alpha value is -2.71. The van der Waals surface area contributed by atoms with Gasteiger partial charge in [0.2, 0.25) is 0 Å². The Morgan fingerprint density at radius 3 is 2.35 bits per heavy atom. The summed E-state index contributed by atoms with van der Waals surface area (Å²) in [7, 11) is 3.84.